The van der Waals surface area contributed by atoms with Gasteiger partial charge in [-0.05, 0) is 50.5 Å². The summed E-state index contributed by atoms with van der Waals surface area (Å²) in [6.45, 7) is 6.65. The van der Waals surface area contributed by atoms with Gasteiger partial charge in [-0.15, -0.1) is 0 Å². The van der Waals surface area contributed by atoms with Gasteiger partial charge >= 0.3 is 0 Å². The highest BCUT2D eigenvalue weighted by Gasteiger charge is 2.20. The fourth-order valence-electron chi connectivity index (χ4n) is 3.39. The van der Waals surface area contributed by atoms with E-state index < -0.39 is 0 Å². The van der Waals surface area contributed by atoms with Crippen LogP contribution in [0.2, 0.25) is 0 Å². The van der Waals surface area contributed by atoms with E-state index in [1.807, 2.05) is 32.0 Å². The van der Waals surface area contributed by atoms with E-state index >= 15 is 0 Å². The van der Waals surface area contributed by atoms with Crippen molar-refractivity contribution in [3.05, 3.63) is 58.7 Å². The minimum Gasteiger partial charge on any atom is -0.381 e. The van der Waals surface area contributed by atoms with Crippen LogP contribution in [0.4, 0.5) is 10.1 Å². The van der Waals surface area contributed by atoms with Crippen LogP contribution in [0.25, 0.3) is 0 Å². The monoisotopic (exact) mass is 338 g/mol. The Labute approximate surface area is 148 Å². The molecule has 1 aliphatic rings. The summed E-state index contributed by atoms with van der Waals surface area (Å²) >= 11 is 0. The number of aryl methyl sites for hydroxylation is 2. The third-order valence-electron chi connectivity index (χ3n) is 4.71. The Kier molecular flexibility index (Phi) is 5.30. The van der Waals surface area contributed by atoms with Crippen LogP contribution in [0, 0.1) is 31.0 Å². The number of benzene rings is 1. The van der Waals surface area contributed by atoms with E-state index in [1.54, 1.807) is 0 Å². The topological polar surface area (TPSA) is 52.0 Å². The van der Waals surface area contributed by atoms with Crippen molar-refractivity contribution in [2.75, 3.05) is 18.4 Å². The summed E-state index contributed by atoms with van der Waals surface area (Å²) in [7, 11) is 0. The number of hydrogen-bond acceptors (Lipinski definition) is 4. The van der Waals surface area contributed by atoms with Gasteiger partial charge in [0, 0.05) is 31.4 Å². The van der Waals surface area contributed by atoms with Crippen molar-refractivity contribution < 1.29 is 4.39 Å². The molecule has 0 unspecified atom stereocenters. The number of nitrogens with zero attached hydrogens (tertiary/aromatic N) is 3. The van der Waals surface area contributed by atoms with Crippen molar-refractivity contribution in [3.8, 4) is 6.07 Å². The van der Waals surface area contributed by atoms with Crippen LogP contribution in [0.1, 0.15) is 35.4 Å². The van der Waals surface area contributed by atoms with E-state index in [9.17, 15) is 9.65 Å². The number of halogens is 1. The number of nitriles is 1. The summed E-state index contributed by atoms with van der Waals surface area (Å²) < 4.78 is 13.0. The van der Waals surface area contributed by atoms with E-state index in [-0.39, 0.29) is 5.82 Å². The second-order valence-corrected chi connectivity index (χ2v) is 6.70. The van der Waals surface area contributed by atoms with Crippen LogP contribution in [-0.2, 0) is 6.54 Å². The Bertz CT molecular complexity index is 772. The van der Waals surface area contributed by atoms with Gasteiger partial charge in [-0.1, -0.05) is 12.1 Å². The first-order chi connectivity index (χ1) is 12.0. The first-order valence-corrected chi connectivity index (χ1v) is 8.67. The molecule has 0 amide bonds. The zero-order valence-electron chi connectivity index (χ0n) is 14.7. The number of nitrogens with one attached hydrogen (secondary N) is 1. The average Bonchev–Trinajstić information content (AvgIpc) is 2.58. The maximum absolute atomic E-state index is 13.0. The zero-order chi connectivity index (χ0) is 17.8. The van der Waals surface area contributed by atoms with Crippen molar-refractivity contribution in [1.82, 2.24) is 9.88 Å². The molecule has 1 aromatic heterocycles. The molecule has 1 aromatic carbocycles. The Balaban J connectivity index is 1.58. The molecule has 0 saturated carbocycles. The summed E-state index contributed by atoms with van der Waals surface area (Å²) in [5, 5.41) is 12.9. The first-order valence-electron chi connectivity index (χ1n) is 8.67. The molecular weight excluding hydrogens is 315 g/mol. The predicted molar refractivity (Wildman–Crippen MR) is 96.7 cm³/mol. The van der Waals surface area contributed by atoms with E-state index in [0.717, 1.165) is 55.1 Å². The van der Waals surface area contributed by atoms with Gasteiger partial charge in [0.15, 0.2) is 0 Å². The Morgan fingerprint density at radius 2 is 1.92 bits per heavy atom. The van der Waals surface area contributed by atoms with Gasteiger partial charge in [0.1, 0.15) is 11.9 Å². The number of anilines is 1. The van der Waals surface area contributed by atoms with Crippen molar-refractivity contribution >= 4 is 5.69 Å². The van der Waals surface area contributed by atoms with E-state index in [2.05, 4.69) is 21.3 Å². The molecule has 2 heterocycles. The first kappa shape index (κ1) is 17.4. The maximum atomic E-state index is 13.0. The zero-order valence-corrected chi connectivity index (χ0v) is 14.7. The van der Waals surface area contributed by atoms with Crippen molar-refractivity contribution in [1.29, 1.82) is 5.26 Å². The average molecular weight is 338 g/mol. The third kappa shape index (κ3) is 4.34. The molecule has 0 radical (unpaired) electrons. The summed E-state index contributed by atoms with van der Waals surface area (Å²) in [6, 6.07) is 11.3. The van der Waals surface area contributed by atoms with Gasteiger partial charge < -0.3 is 5.32 Å². The molecule has 1 N–H and O–H groups in total. The molecule has 0 spiro atoms. The Morgan fingerprint density at radius 1 is 1.24 bits per heavy atom. The van der Waals surface area contributed by atoms with Gasteiger partial charge in [-0.3, -0.25) is 9.88 Å². The summed E-state index contributed by atoms with van der Waals surface area (Å²) in [5.41, 5.74) is 4.37. The van der Waals surface area contributed by atoms with Gasteiger partial charge in [-0.2, -0.15) is 5.26 Å². The van der Waals surface area contributed by atoms with Gasteiger partial charge in [0.05, 0.1) is 16.9 Å². The summed E-state index contributed by atoms with van der Waals surface area (Å²) in [5.74, 6) is -0.192. The number of hydrogen-bond donors (Lipinski definition) is 1. The van der Waals surface area contributed by atoms with Crippen LogP contribution < -0.4 is 5.32 Å². The van der Waals surface area contributed by atoms with Crippen LogP contribution in [0.5, 0.6) is 0 Å². The lowest BCUT2D eigenvalue weighted by atomic mass is 10.0. The lowest BCUT2D eigenvalue weighted by molar-refractivity contribution is 0.211. The van der Waals surface area contributed by atoms with E-state index in [0.29, 0.717) is 11.6 Å². The number of piperidine rings is 1. The van der Waals surface area contributed by atoms with Gasteiger partial charge in [-0.25, -0.2) is 4.39 Å². The molecule has 0 atom stereocenters. The second-order valence-electron chi connectivity index (χ2n) is 6.70. The molecule has 130 valence electrons. The molecule has 0 aliphatic carbocycles. The molecule has 3 rings (SSSR count). The number of pyridine rings is 1. The standard InChI is InChI=1S/C20H23FN4/c1-14-11-20(19(12-22)15(2)23-14)24-18-7-9-25(10-8-18)13-16-3-5-17(21)6-4-16/h3-6,11,18H,7-10,13H2,1-2H3,(H,23,24). The number of rotatable bonds is 4. The normalized spacial score (nSPS) is 15.8. The predicted octanol–water partition coefficient (Wildman–Crippen LogP) is 3.79. The molecule has 2 aromatic rings. The molecular formula is C20H23FN4. The van der Waals surface area contributed by atoms with Crippen LogP contribution in [0.3, 0.4) is 0 Å². The SMILES string of the molecule is Cc1cc(NC2CCN(Cc3ccc(F)cc3)CC2)c(C#N)c(C)n1. The van der Waals surface area contributed by atoms with Crippen molar-refractivity contribution in [3.63, 3.8) is 0 Å². The smallest absolute Gasteiger partial charge is 0.123 e. The van der Waals surface area contributed by atoms with Gasteiger partial charge in [0.2, 0.25) is 0 Å². The molecule has 5 heteroatoms. The molecule has 25 heavy (non-hydrogen) atoms. The van der Waals surface area contributed by atoms with E-state index in [4.69, 9.17) is 0 Å². The lowest BCUT2D eigenvalue weighted by Gasteiger charge is -2.33. The van der Waals surface area contributed by atoms with Gasteiger partial charge in [0.25, 0.3) is 0 Å². The molecule has 1 fully saturated rings. The summed E-state index contributed by atoms with van der Waals surface area (Å²) in [4.78, 5) is 6.75. The highest BCUT2D eigenvalue weighted by Crippen LogP contribution is 2.23. The highest BCUT2D eigenvalue weighted by atomic mass is 19.1. The lowest BCUT2D eigenvalue weighted by Crippen LogP contribution is -2.38. The third-order valence-corrected chi connectivity index (χ3v) is 4.71. The van der Waals surface area contributed by atoms with Crippen LogP contribution >= 0.6 is 0 Å². The minimum absolute atomic E-state index is 0.192. The second kappa shape index (κ2) is 7.62. The van der Waals surface area contributed by atoms with E-state index in [1.165, 1.54) is 12.1 Å². The van der Waals surface area contributed by atoms with Crippen molar-refractivity contribution in [2.45, 2.75) is 39.3 Å². The minimum atomic E-state index is -0.192. The summed E-state index contributed by atoms with van der Waals surface area (Å²) in [6.07, 6.45) is 2.04. The highest BCUT2D eigenvalue weighted by molar-refractivity contribution is 5.60. The van der Waals surface area contributed by atoms with Crippen LogP contribution in [0.15, 0.2) is 30.3 Å². The Hall–Kier alpha value is -2.45. The quantitative estimate of drug-likeness (QED) is 0.921. The fourth-order valence-corrected chi connectivity index (χ4v) is 3.39. The molecule has 4 nitrogen and oxygen atoms in total. The molecule has 0 bridgehead atoms. The fraction of sp³-hybridized carbons (Fsp3) is 0.400. The molecule has 1 saturated heterocycles. The number of likely N-dealkylation sites (tertiary alicyclic amines) is 1. The Morgan fingerprint density at radius 3 is 2.56 bits per heavy atom. The maximum Gasteiger partial charge on any atom is 0.123 e. The van der Waals surface area contributed by atoms with Crippen LogP contribution in [-0.4, -0.2) is 29.0 Å². The number of aromatic nitrogens is 1. The van der Waals surface area contributed by atoms with Crippen molar-refractivity contribution in [2.24, 2.45) is 0 Å². The molecule has 1 aliphatic heterocycles. The largest absolute Gasteiger partial charge is 0.381 e.